The molecule has 0 aliphatic heterocycles. The summed E-state index contributed by atoms with van der Waals surface area (Å²) in [7, 11) is 0. The Morgan fingerprint density at radius 1 is 1.08 bits per heavy atom. The van der Waals surface area contributed by atoms with Gasteiger partial charge >= 0.3 is 11.9 Å². The second kappa shape index (κ2) is 11.6. The molecule has 0 amide bonds. The van der Waals surface area contributed by atoms with Crippen molar-refractivity contribution >= 4 is 29.8 Å². The van der Waals surface area contributed by atoms with Gasteiger partial charge < -0.3 is 26.6 Å². The highest BCUT2D eigenvalue weighted by atomic mass is 16.4. The number of rotatable bonds is 7. The van der Waals surface area contributed by atoms with E-state index in [1.54, 1.807) is 0 Å². The number of hydrogen-bond donors (Lipinski definition) is 5. The number of nitrogen functional groups attached to an aromatic ring is 1. The number of carboxylic acid groups (broad SMARTS) is 2. The minimum absolute atomic E-state index is 0.266. The molecule has 0 atom stereocenters. The molecule has 1 aromatic rings. The number of anilines is 3. The highest BCUT2D eigenvalue weighted by molar-refractivity contribution is 5.89. The predicted octanol–water partition coefficient (Wildman–Crippen LogP) is 1.73. The van der Waals surface area contributed by atoms with Gasteiger partial charge in [0.05, 0.1) is 0 Å². The Labute approximate surface area is 151 Å². The Kier molecular flexibility index (Phi) is 9.44. The second-order valence-electron chi connectivity index (χ2n) is 5.76. The van der Waals surface area contributed by atoms with E-state index in [2.05, 4.69) is 32.5 Å². The number of carbonyl (C=O) groups is 2. The first-order chi connectivity index (χ1) is 12.4. The molecule has 1 heterocycles. The van der Waals surface area contributed by atoms with Gasteiger partial charge in [0, 0.05) is 24.7 Å². The minimum atomic E-state index is -1.26. The number of nitrogens with one attached hydrogen (secondary N) is 2. The van der Waals surface area contributed by atoms with Crippen LogP contribution in [0.5, 0.6) is 0 Å². The van der Waals surface area contributed by atoms with Crippen molar-refractivity contribution in [2.45, 2.75) is 51.5 Å². The van der Waals surface area contributed by atoms with Crippen LogP contribution in [0.1, 0.15) is 45.4 Å². The quantitative estimate of drug-likeness (QED) is 0.449. The molecule has 144 valence electrons. The van der Waals surface area contributed by atoms with Crippen LogP contribution in [0.3, 0.4) is 0 Å². The van der Waals surface area contributed by atoms with E-state index < -0.39 is 11.9 Å². The summed E-state index contributed by atoms with van der Waals surface area (Å²) in [6.45, 7) is 2.94. The number of aliphatic carboxylic acids is 2. The molecule has 10 heteroatoms. The number of hydrogen-bond acceptors (Lipinski definition) is 8. The van der Waals surface area contributed by atoms with Crippen molar-refractivity contribution in [3.05, 3.63) is 12.2 Å². The van der Waals surface area contributed by atoms with Gasteiger partial charge in [0.15, 0.2) is 0 Å². The van der Waals surface area contributed by atoms with Crippen molar-refractivity contribution < 1.29 is 19.8 Å². The van der Waals surface area contributed by atoms with Gasteiger partial charge in [-0.05, 0) is 19.3 Å². The van der Waals surface area contributed by atoms with Crippen LogP contribution in [0.4, 0.5) is 17.8 Å². The minimum Gasteiger partial charge on any atom is -0.478 e. The molecule has 0 radical (unpaired) electrons. The molecule has 26 heavy (non-hydrogen) atoms. The lowest BCUT2D eigenvalue weighted by atomic mass is 9.96. The third kappa shape index (κ3) is 9.40. The first-order valence-electron chi connectivity index (χ1n) is 8.56. The van der Waals surface area contributed by atoms with Crippen LogP contribution in [0, 0.1) is 0 Å². The van der Waals surface area contributed by atoms with Gasteiger partial charge in [-0.25, -0.2) is 9.59 Å². The van der Waals surface area contributed by atoms with Gasteiger partial charge in [-0.1, -0.05) is 26.2 Å². The fourth-order valence-electron chi connectivity index (χ4n) is 2.34. The molecule has 0 unspecified atom stereocenters. The third-order valence-corrected chi connectivity index (χ3v) is 3.49. The molecule has 0 spiro atoms. The molecule has 1 fully saturated rings. The Hall–Kier alpha value is -2.91. The van der Waals surface area contributed by atoms with E-state index in [0.717, 1.165) is 13.0 Å². The zero-order chi connectivity index (χ0) is 19.4. The molecule has 0 aromatic carbocycles. The first kappa shape index (κ1) is 21.1. The molecule has 1 aliphatic rings. The van der Waals surface area contributed by atoms with Gasteiger partial charge in [0.1, 0.15) is 0 Å². The topological polar surface area (TPSA) is 163 Å². The Morgan fingerprint density at radius 3 is 2.19 bits per heavy atom. The van der Waals surface area contributed by atoms with Crippen LogP contribution in [0.25, 0.3) is 0 Å². The maximum atomic E-state index is 9.55. The summed E-state index contributed by atoms with van der Waals surface area (Å²) in [6, 6.07) is 0.472. The molecule has 1 aliphatic carbocycles. The lowest BCUT2D eigenvalue weighted by Gasteiger charge is -2.22. The molecule has 6 N–H and O–H groups in total. The van der Waals surface area contributed by atoms with Crippen molar-refractivity contribution in [1.29, 1.82) is 0 Å². The molecule has 1 saturated carbocycles. The van der Waals surface area contributed by atoms with E-state index in [4.69, 9.17) is 15.9 Å². The second-order valence-corrected chi connectivity index (χ2v) is 5.76. The molecule has 0 bridgehead atoms. The average Bonchev–Trinajstić information content (AvgIpc) is 2.59. The predicted molar refractivity (Wildman–Crippen MR) is 97.9 cm³/mol. The number of carboxylic acids is 2. The molecule has 2 rings (SSSR count). The monoisotopic (exact) mass is 366 g/mol. The maximum Gasteiger partial charge on any atom is 0.328 e. The lowest BCUT2D eigenvalue weighted by molar-refractivity contribution is -0.134. The fourth-order valence-corrected chi connectivity index (χ4v) is 2.34. The Morgan fingerprint density at radius 2 is 1.65 bits per heavy atom. The summed E-state index contributed by atoms with van der Waals surface area (Å²) in [4.78, 5) is 31.7. The smallest absolute Gasteiger partial charge is 0.328 e. The third-order valence-electron chi connectivity index (χ3n) is 3.49. The van der Waals surface area contributed by atoms with Crippen LogP contribution in [0.2, 0.25) is 0 Å². The molecule has 10 nitrogen and oxygen atoms in total. The summed E-state index contributed by atoms with van der Waals surface area (Å²) in [5, 5.41) is 22.1. The molecular weight excluding hydrogens is 340 g/mol. The number of nitrogens with zero attached hydrogens (tertiary/aromatic N) is 3. The van der Waals surface area contributed by atoms with Gasteiger partial charge in [-0.3, -0.25) is 0 Å². The van der Waals surface area contributed by atoms with Crippen molar-refractivity contribution in [2.75, 3.05) is 22.9 Å². The largest absolute Gasteiger partial charge is 0.478 e. The summed E-state index contributed by atoms with van der Waals surface area (Å²) in [5.41, 5.74) is 5.69. The van der Waals surface area contributed by atoms with Crippen LogP contribution in [-0.2, 0) is 9.59 Å². The van der Waals surface area contributed by atoms with Crippen molar-refractivity contribution in [2.24, 2.45) is 0 Å². The number of aromatic nitrogens is 3. The number of nitrogens with two attached hydrogens (primary N) is 1. The van der Waals surface area contributed by atoms with E-state index in [9.17, 15) is 9.59 Å². The van der Waals surface area contributed by atoms with Crippen molar-refractivity contribution in [1.82, 2.24) is 15.0 Å². The highest BCUT2D eigenvalue weighted by Gasteiger charge is 2.14. The first-order valence-corrected chi connectivity index (χ1v) is 8.56. The Bertz CT molecular complexity index is 601. The normalized spacial score (nSPS) is 14.3. The van der Waals surface area contributed by atoms with E-state index in [1.807, 2.05) is 0 Å². The summed E-state index contributed by atoms with van der Waals surface area (Å²) < 4.78 is 0. The van der Waals surface area contributed by atoms with E-state index in [-0.39, 0.29) is 5.95 Å². The highest BCUT2D eigenvalue weighted by Crippen LogP contribution is 2.20. The summed E-state index contributed by atoms with van der Waals surface area (Å²) in [6.07, 6.45) is 8.40. The van der Waals surface area contributed by atoms with Crippen molar-refractivity contribution in [3.8, 4) is 0 Å². The lowest BCUT2D eigenvalue weighted by Crippen LogP contribution is -2.24. The maximum absolute atomic E-state index is 9.55. The fraction of sp³-hybridized carbons (Fsp3) is 0.562. The summed E-state index contributed by atoms with van der Waals surface area (Å²) in [5.74, 6) is -1.10. The van der Waals surface area contributed by atoms with Gasteiger partial charge in [-0.15, -0.1) is 0 Å². The van der Waals surface area contributed by atoms with Gasteiger partial charge in [-0.2, -0.15) is 15.0 Å². The standard InChI is InChI=1S/C12H22N6.C4H4O4/c1-2-8-14-11-16-10(13)17-12(18-11)15-9-6-4-3-5-7-9;5-3(6)1-2-4(7)8/h9H,2-8H2,1H3,(H4,13,14,15,16,17,18);1-2H,(H,5,6)(H,7,8)/b;2-1-. The van der Waals surface area contributed by atoms with Crippen LogP contribution >= 0.6 is 0 Å². The van der Waals surface area contributed by atoms with Crippen LogP contribution in [0.15, 0.2) is 12.2 Å². The Balaban J connectivity index is 0.000000359. The van der Waals surface area contributed by atoms with Crippen molar-refractivity contribution in [3.63, 3.8) is 0 Å². The van der Waals surface area contributed by atoms with Crippen LogP contribution < -0.4 is 16.4 Å². The van der Waals surface area contributed by atoms with E-state index in [0.29, 0.717) is 30.1 Å². The van der Waals surface area contributed by atoms with Gasteiger partial charge in [0.2, 0.25) is 17.8 Å². The van der Waals surface area contributed by atoms with E-state index in [1.165, 1.54) is 32.1 Å². The molecule has 0 saturated heterocycles. The SMILES string of the molecule is CCCNc1nc(N)nc(NC2CCCCC2)n1.O=C(O)/C=C\C(=O)O. The van der Waals surface area contributed by atoms with Gasteiger partial charge in [0.25, 0.3) is 0 Å². The average molecular weight is 366 g/mol. The molecular formula is C16H26N6O4. The van der Waals surface area contributed by atoms with E-state index >= 15 is 0 Å². The molecule has 1 aromatic heterocycles. The summed E-state index contributed by atoms with van der Waals surface area (Å²) >= 11 is 0. The van der Waals surface area contributed by atoms with Crippen LogP contribution in [-0.4, -0.2) is 49.7 Å². The zero-order valence-corrected chi connectivity index (χ0v) is 14.8. The zero-order valence-electron chi connectivity index (χ0n) is 14.8.